The molecule has 1 rings (SSSR count). The van der Waals surface area contributed by atoms with Crippen LogP contribution < -0.4 is 5.32 Å². The Labute approximate surface area is 101 Å². The van der Waals surface area contributed by atoms with E-state index in [9.17, 15) is 5.11 Å². The SMILES string of the molecule is CCCC(O)(CCC)C1CC(CC)CCN1. The fourth-order valence-electron chi connectivity index (χ4n) is 3.12. The first-order chi connectivity index (χ1) is 7.66. The highest BCUT2D eigenvalue weighted by Crippen LogP contribution is 2.31. The Bertz CT molecular complexity index is 187. The minimum absolute atomic E-state index is 0.325. The van der Waals surface area contributed by atoms with Crippen LogP contribution in [0, 0.1) is 5.92 Å². The largest absolute Gasteiger partial charge is 0.388 e. The second-order valence-corrected chi connectivity index (χ2v) is 5.41. The van der Waals surface area contributed by atoms with Crippen LogP contribution in [-0.2, 0) is 0 Å². The van der Waals surface area contributed by atoms with Gasteiger partial charge in [0.15, 0.2) is 0 Å². The van der Waals surface area contributed by atoms with Crippen molar-refractivity contribution in [1.82, 2.24) is 5.32 Å². The summed E-state index contributed by atoms with van der Waals surface area (Å²) < 4.78 is 0. The standard InChI is InChI=1S/C14H29NO/c1-4-8-14(16,9-5-2)13-11-12(6-3)7-10-15-13/h12-13,15-16H,4-11H2,1-3H3. The van der Waals surface area contributed by atoms with E-state index in [1.54, 1.807) is 0 Å². The van der Waals surface area contributed by atoms with Gasteiger partial charge < -0.3 is 10.4 Å². The zero-order valence-electron chi connectivity index (χ0n) is 11.3. The van der Waals surface area contributed by atoms with Crippen LogP contribution in [0.15, 0.2) is 0 Å². The predicted molar refractivity (Wildman–Crippen MR) is 69.6 cm³/mol. The minimum atomic E-state index is -0.461. The third kappa shape index (κ3) is 3.46. The van der Waals surface area contributed by atoms with Gasteiger partial charge in [-0.2, -0.15) is 0 Å². The van der Waals surface area contributed by atoms with Crippen molar-refractivity contribution in [1.29, 1.82) is 0 Å². The summed E-state index contributed by atoms with van der Waals surface area (Å²) >= 11 is 0. The molecule has 1 heterocycles. The van der Waals surface area contributed by atoms with Crippen LogP contribution in [0.5, 0.6) is 0 Å². The van der Waals surface area contributed by atoms with E-state index < -0.39 is 5.60 Å². The maximum atomic E-state index is 10.8. The zero-order chi connectivity index (χ0) is 12.0. The average molecular weight is 227 g/mol. The molecular formula is C14H29NO. The summed E-state index contributed by atoms with van der Waals surface area (Å²) in [4.78, 5) is 0. The van der Waals surface area contributed by atoms with Crippen molar-refractivity contribution in [2.24, 2.45) is 5.92 Å². The van der Waals surface area contributed by atoms with E-state index in [2.05, 4.69) is 26.1 Å². The first-order valence-electron chi connectivity index (χ1n) is 7.12. The Hall–Kier alpha value is -0.0800. The van der Waals surface area contributed by atoms with Crippen LogP contribution in [0.1, 0.15) is 65.7 Å². The Balaban J connectivity index is 2.62. The molecule has 2 N–H and O–H groups in total. The van der Waals surface area contributed by atoms with Crippen molar-refractivity contribution < 1.29 is 5.11 Å². The fraction of sp³-hybridized carbons (Fsp3) is 1.00. The molecule has 2 nitrogen and oxygen atoms in total. The molecule has 0 spiro atoms. The van der Waals surface area contributed by atoms with Crippen molar-refractivity contribution in [3.63, 3.8) is 0 Å². The maximum absolute atomic E-state index is 10.8. The first kappa shape index (κ1) is 14.0. The van der Waals surface area contributed by atoms with Crippen LogP contribution in [0.25, 0.3) is 0 Å². The molecule has 0 amide bonds. The Kier molecular flexibility index (Phi) is 5.77. The maximum Gasteiger partial charge on any atom is 0.0799 e. The van der Waals surface area contributed by atoms with Gasteiger partial charge in [0.1, 0.15) is 0 Å². The predicted octanol–water partition coefficient (Wildman–Crippen LogP) is 3.10. The third-order valence-electron chi connectivity index (χ3n) is 4.10. The number of piperidine rings is 1. The van der Waals surface area contributed by atoms with E-state index in [1.165, 1.54) is 12.8 Å². The molecule has 0 saturated carbocycles. The summed E-state index contributed by atoms with van der Waals surface area (Å²) in [6.45, 7) is 7.69. The summed E-state index contributed by atoms with van der Waals surface area (Å²) in [6, 6.07) is 0.325. The van der Waals surface area contributed by atoms with Gasteiger partial charge in [-0.3, -0.25) is 0 Å². The number of hydrogen-bond donors (Lipinski definition) is 2. The Morgan fingerprint density at radius 1 is 1.19 bits per heavy atom. The van der Waals surface area contributed by atoms with E-state index in [4.69, 9.17) is 0 Å². The highest BCUT2D eigenvalue weighted by molar-refractivity contribution is 4.94. The third-order valence-corrected chi connectivity index (χ3v) is 4.10. The van der Waals surface area contributed by atoms with Crippen molar-refractivity contribution in [3.05, 3.63) is 0 Å². The summed E-state index contributed by atoms with van der Waals surface area (Å²) in [7, 11) is 0. The lowest BCUT2D eigenvalue weighted by molar-refractivity contribution is -0.0303. The van der Waals surface area contributed by atoms with Gasteiger partial charge in [0.2, 0.25) is 0 Å². The van der Waals surface area contributed by atoms with Gasteiger partial charge in [0.25, 0.3) is 0 Å². The van der Waals surface area contributed by atoms with E-state index in [0.29, 0.717) is 6.04 Å². The van der Waals surface area contributed by atoms with Crippen molar-refractivity contribution >= 4 is 0 Å². The number of nitrogens with one attached hydrogen (secondary N) is 1. The summed E-state index contributed by atoms with van der Waals surface area (Å²) in [5, 5.41) is 14.3. The second-order valence-electron chi connectivity index (χ2n) is 5.41. The number of rotatable bonds is 6. The second kappa shape index (κ2) is 6.61. The van der Waals surface area contributed by atoms with Gasteiger partial charge >= 0.3 is 0 Å². The Morgan fingerprint density at radius 3 is 2.31 bits per heavy atom. The highest BCUT2D eigenvalue weighted by atomic mass is 16.3. The fourth-order valence-corrected chi connectivity index (χ4v) is 3.12. The molecule has 1 fully saturated rings. The molecular weight excluding hydrogens is 198 g/mol. The Morgan fingerprint density at radius 2 is 1.81 bits per heavy atom. The van der Waals surface area contributed by atoms with Crippen molar-refractivity contribution in [2.45, 2.75) is 77.4 Å². The zero-order valence-corrected chi connectivity index (χ0v) is 11.3. The average Bonchev–Trinajstić information content (AvgIpc) is 2.30. The molecule has 2 heteroatoms. The van der Waals surface area contributed by atoms with E-state index in [1.807, 2.05) is 0 Å². The van der Waals surface area contributed by atoms with E-state index in [0.717, 1.165) is 44.6 Å². The number of aliphatic hydroxyl groups is 1. The van der Waals surface area contributed by atoms with Crippen LogP contribution in [0.3, 0.4) is 0 Å². The molecule has 0 aromatic heterocycles. The molecule has 1 aliphatic heterocycles. The lowest BCUT2D eigenvalue weighted by atomic mass is 9.77. The van der Waals surface area contributed by atoms with Crippen molar-refractivity contribution in [2.75, 3.05) is 6.54 Å². The normalized spacial score (nSPS) is 27.0. The van der Waals surface area contributed by atoms with Gasteiger partial charge in [-0.1, -0.05) is 40.0 Å². The van der Waals surface area contributed by atoms with Crippen LogP contribution in [-0.4, -0.2) is 23.3 Å². The smallest absolute Gasteiger partial charge is 0.0799 e. The lowest BCUT2D eigenvalue weighted by Gasteiger charge is -2.41. The molecule has 2 unspecified atom stereocenters. The van der Waals surface area contributed by atoms with E-state index in [-0.39, 0.29) is 0 Å². The molecule has 0 aromatic rings. The molecule has 1 aliphatic rings. The van der Waals surface area contributed by atoms with Gasteiger partial charge in [0, 0.05) is 6.04 Å². The molecule has 1 saturated heterocycles. The summed E-state index contributed by atoms with van der Waals surface area (Å²) in [5.41, 5.74) is -0.461. The van der Waals surface area contributed by atoms with Crippen LogP contribution in [0.2, 0.25) is 0 Å². The highest BCUT2D eigenvalue weighted by Gasteiger charge is 2.37. The first-order valence-corrected chi connectivity index (χ1v) is 7.12. The molecule has 0 aliphatic carbocycles. The van der Waals surface area contributed by atoms with Gasteiger partial charge in [0.05, 0.1) is 5.60 Å². The van der Waals surface area contributed by atoms with Gasteiger partial charge in [-0.25, -0.2) is 0 Å². The summed E-state index contributed by atoms with van der Waals surface area (Å²) in [5.74, 6) is 0.812. The van der Waals surface area contributed by atoms with Crippen LogP contribution in [0.4, 0.5) is 0 Å². The molecule has 96 valence electrons. The number of hydrogen-bond acceptors (Lipinski definition) is 2. The molecule has 0 aromatic carbocycles. The van der Waals surface area contributed by atoms with Gasteiger partial charge in [-0.05, 0) is 38.1 Å². The summed E-state index contributed by atoms with van der Waals surface area (Å²) in [6.07, 6.45) is 7.72. The van der Waals surface area contributed by atoms with Crippen LogP contribution >= 0.6 is 0 Å². The van der Waals surface area contributed by atoms with Crippen molar-refractivity contribution in [3.8, 4) is 0 Å². The minimum Gasteiger partial charge on any atom is -0.388 e. The molecule has 0 radical (unpaired) electrons. The van der Waals surface area contributed by atoms with E-state index >= 15 is 0 Å². The lowest BCUT2D eigenvalue weighted by Crippen LogP contribution is -2.54. The molecule has 2 atom stereocenters. The molecule has 0 bridgehead atoms. The quantitative estimate of drug-likeness (QED) is 0.731. The monoisotopic (exact) mass is 227 g/mol. The van der Waals surface area contributed by atoms with Gasteiger partial charge in [-0.15, -0.1) is 0 Å². The molecule has 16 heavy (non-hydrogen) atoms. The topological polar surface area (TPSA) is 32.3 Å².